The molecule has 0 saturated carbocycles. The standard InChI is InChI=1S/C10H13F3N2O4/c1-5(2)6-4-9(18,10(11,12)13)15(14-6)7(16)8(17)19-3/h5,18H,4H2,1-3H3. The van der Waals surface area contributed by atoms with Crippen molar-refractivity contribution in [1.82, 2.24) is 5.01 Å². The van der Waals surface area contributed by atoms with Gasteiger partial charge in [0.05, 0.1) is 7.11 Å². The maximum Gasteiger partial charge on any atom is 0.438 e. The number of ether oxygens (including phenoxy) is 1. The van der Waals surface area contributed by atoms with Crippen LogP contribution in [0.15, 0.2) is 5.10 Å². The third-order valence-corrected chi connectivity index (χ3v) is 2.68. The molecule has 1 unspecified atom stereocenters. The van der Waals surface area contributed by atoms with E-state index in [-0.39, 0.29) is 10.7 Å². The lowest BCUT2D eigenvalue weighted by Gasteiger charge is -2.31. The minimum absolute atomic E-state index is 0.0305. The zero-order valence-electron chi connectivity index (χ0n) is 10.5. The molecule has 1 N–H and O–H groups in total. The number of carbonyl (C=O) groups is 2. The Morgan fingerprint density at radius 1 is 1.47 bits per heavy atom. The van der Waals surface area contributed by atoms with E-state index in [1.165, 1.54) is 0 Å². The Morgan fingerprint density at radius 3 is 2.37 bits per heavy atom. The molecule has 0 aromatic heterocycles. The van der Waals surface area contributed by atoms with Crippen molar-refractivity contribution in [3.63, 3.8) is 0 Å². The molecule has 0 aliphatic carbocycles. The molecule has 0 spiro atoms. The lowest BCUT2D eigenvalue weighted by Crippen LogP contribution is -2.58. The third kappa shape index (κ3) is 2.55. The van der Waals surface area contributed by atoms with Gasteiger partial charge in [0, 0.05) is 12.1 Å². The van der Waals surface area contributed by atoms with Crippen LogP contribution >= 0.6 is 0 Å². The number of carbonyl (C=O) groups excluding carboxylic acids is 2. The molecule has 6 nitrogen and oxygen atoms in total. The van der Waals surface area contributed by atoms with Crippen molar-refractivity contribution in [1.29, 1.82) is 0 Å². The predicted molar refractivity (Wildman–Crippen MR) is 56.8 cm³/mol. The van der Waals surface area contributed by atoms with E-state index in [0.29, 0.717) is 0 Å². The lowest BCUT2D eigenvalue weighted by molar-refractivity contribution is -0.302. The average Bonchev–Trinajstić information content (AvgIpc) is 2.66. The van der Waals surface area contributed by atoms with E-state index in [4.69, 9.17) is 0 Å². The quantitative estimate of drug-likeness (QED) is 0.566. The third-order valence-electron chi connectivity index (χ3n) is 2.68. The van der Waals surface area contributed by atoms with Gasteiger partial charge in [-0.25, -0.2) is 4.79 Å². The molecule has 1 amide bonds. The summed E-state index contributed by atoms with van der Waals surface area (Å²) < 4.78 is 42.7. The molecule has 1 heterocycles. The van der Waals surface area contributed by atoms with Gasteiger partial charge in [-0.15, -0.1) is 0 Å². The Hall–Kier alpha value is -1.64. The number of nitrogens with zero attached hydrogens (tertiary/aromatic N) is 2. The fourth-order valence-electron chi connectivity index (χ4n) is 1.50. The van der Waals surface area contributed by atoms with Crippen LogP contribution in [0.3, 0.4) is 0 Å². The number of rotatable bonds is 1. The molecule has 0 radical (unpaired) electrons. The first-order chi connectivity index (χ1) is 8.54. The number of aliphatic hydroxyl groups is 1. The summed E-state index contributed by atoms with van der Waals surface area (Å²) >= 11 is 0. The van der Waals surface area contributed by atoms with Gasteiger partial charge in [0.2, 0.25) is 0 Å². The molecule has 0 fully saturated rings. The molecule has 0 aromatic carbocycles. The second-order valence-corrected chi connectivity index (χ2v) is 4.35. The van der Waals surface area contributed by atoms with Crippen molar-refractivity contribution < 1.29 is 32.6 Å². The number of esters is 1. The fourth-order valence-corrected chi connectivity index (χ4v) is 1.50. The van der Waals surface area contributed by atoms with Crippen molar-refractivity contribution >= 4 is 17.6 Å². The van der Waals surface area contributed by atoms with Crippen molar-refractivity contribution in [3.05, 3.63) is 0 Å². The van der Waals surface area contributed by atoms with Crippen LogP contribution < -0.4 is 0 Å². The Labute approximate surface area is 106 Å². The maximum absolute atomic E-state index is 12.9. The van der Waals surface area contributed by atoms with Crippen LogP contribution in [-0.2, 0) is 14.3 Å². The topological polar surface area (TPSA) is 79.2 Å². The van der Waals surface area contributed by atoms with Crippen LogP contribution in [0.4, 0.5) is 13.2 Å². The van der Waals surface area contributed by atoms with E-state index in [1.807, 2.05) is 0 Å². The smallest absolute Gasteiger partial charge is 0.438 e. The number of methoxy groups -OCH3 is 1. The van der Waals surface area contributed by atoms with E-state index in [1.54, 1.807) is 13.8 Å². The Kier molecular flexibility index (Phi) is 3.89. The Bertz CT molecular complexity index is 433. The van der Waals surface area contributed by atoms with Gasteiger partial charge in [0.15, 0.2) is 0 Å². The molecule has 9 heteroatoms. The Morgan fingerprint density at radius 2 is 2.00 bits per heavy atom. The first kappa shape index (κ1) is 15.4. The molecule has 108 valence electrons. The van der Waals surface area contributed by atoms with Gasteiger partial charge in [0.25, 0.3) is 5.72 Å². The number of hydrazone groups is 1. The highest BCUT2D eigenvalue weighted by atomic mass is 19.4. The van der Waals surface area contributed by atoms with Gasteiger partial charge < -0.3 is 9.84 Å². The fraction of sp³-hybridized carbons (Fsp3) is 0.700. The normalized spacial score (nSPS) is 23.6. The van der Waals surface area contributed by atoms with E-state index >= 15 is 0 Å². The second kappa shape index (κ2) is 4.80. The van der Waals surface area contributed by atoms with Gasteiger partial charge in [-0.05, 0) is 5.92 Å². The number of alkyl halides is 3. The monoisotopic (exact) mass is 282 g/mol. The number of halogens is 3. The summed E-state index contributed by atoms with van der Waals surface area (Å²) in [6.45, 7) is 3.11. The summed E-state index contributed by atoms with van der Waals surface area (Å²) in [6.07, 6.45) is -6.03. The van der Waals surface area contributed by atoms with Crippen LogP contribution in [-0.4, -0.2) is 46.7 Å². The SMILES string of the molecule is COC(=O)C(=O)N1N=C(C(C)C)CC1(O)C(F)(F)F. The Balaban J connectivity index is 3.21. The molecule has 1 aliphatic rings. The number of amides is 1. The van der Waals surface area contributed by atoms with Gasteiger partial charge in [0.1, 0.15) is 0 Å². The van der Waals surface area contributed by atoms with Crippen LogP contribution in [0.1, 0.15) is 20.3 Å². The highest BCUT2D eigenvalue weighted by Gasteiger charge is 2.64. The highest BCUT2D eigenvalue weighted by Crippen LogP contribution is 2.41. The minimum atomic E-state index is -5.14. The van der Waals surface area contributed by atoms with E-state index in [9.17, 15) is 27.9 Å². The van der Waals surface area contributed by atoms with E-state index in [0.717, 1.165) is 7.11 Å². The summed E-state index contributed by atoms with van der Waals surface area (Å²) in [5.74, 6) is -3.61. The van der Waals surface area contributed by atoms with Crippen molar-refractivity contribution in [2.45, 2.75) is 32.2 Å². The number of hydrogen-bond acceptors (Lipinski definition) is 5. The van der Waals surface area contributed by atoms with Gasteiger partial charge in [-0.3, -0.25) is 4.79 Å². The molecule has 0 bridgehead atoms. The summed E-state index contributed by atoms with van der Waals surface area (Å²) in [4.78, 5) is 22.5. The van der Waals surface area contributed by atoms with E-state index in [2.05, 4.69) is 9.84 Å². The summed E-state index contributed by atoms with van der Waals surface area (Å²) in [5, 5.41) is 12.8. The molecular formula is C10H13F3N2O4. The summed E-state index contributed by atoms with van der Waals surface area (Å²) in [6, 6.07) is 0. The van der Waals surface area contributed by atoms with Gasteiger partial charge >= 0.3 is 18.1 Å². The molecule has 1 atom stereocenters. The van der Waals surface area contributed by atoms with Crippen LogP contribution in [0.5, 0.6) is 0 Å². The van der Waals surface area contributed by atoms with Crippen molar-refractivity contribution in [2.75, 3.05) is 7.11 Å². The summed E-state index contributed by atoms with van der Waals surface area (Å²) in [5.41, 5.74) is -3.55. The summed E-state index contributed by atoms with van der Waals surface area (Å²) in [7, 11) is 0.843. The molecule has 19 heavy (non-hydrogen) atoms. The number of hydrogen-bond donors (Lipinski definition) is 1. The van der Waals surface area contributed by atoms with Crippen molar-refractivity contribution in [2.24, 2.45) is 11.0 Å². The van der Waals surface area contributed by atoms with E-state index < -0.39 is 36.1 Å². The molecule has 0 saturated heterocycles. The predicted octanol–water partition coefficient (Wildman–Crippen LogP) is 0.655. The van der Waals surface area contributed by atoms with Crippen LogP contribution in [0, 0.1) is 5.92 Å². The average molecular weight is 282 g/mol. The largest absolute Gasteiger partial charge is 0.462 e. The molecule has 1 rings (SSSR count). The first-order valence-corrected chi connectivity index (χ1v) is 5.33. The zero-order chi connectivity index (χ0) is 15.0. The van der Waals surface area contributed by atoms with Gasteiger partial charge in [-0.2, -0.15) is 23.3 Å². The first-order valence-electron chi connectivity index (χ1n) is 5.33. The maximum atomic E-state index is 12.9. The molecular weight excluding hydrogens is 269 g/mol. The van der Waals surface area contributed by atoms with Gasteiger partial charge in [-0.1, -0.05) is 13.8 Å². The van der Waals surface area contributed by atoms with Crippen molar-refractivity contribution in [3.8, 4) is 0 Å². The molecule has 0 aromatic rings. The second-order valence-electron chi connectivity index (χ2n) is 4.35. The molecule has 1 aliphatic heterocycles. The van der Waals surface area contributed by atoms with Crippen LogP contribution in [0.25, 0.3) is 0 Å². The highest BCUT2D eigenvalue weighted by molar-refractivity contribution is 6.32. The van der Waals surface area contributed by atoms with Crippen LogP contribution in [0.2, 0.25) is 0 Å². The lowest BCUT2D eigenvalue weighted by atomic mass is 9.99. The minimum Gasteiger partial charge on any atom is -0.462 e. The zero-order valence-corrected chi connectivity index (χ0v) is 10.5.